The quantitative estimate of drug-likeness (QED) is 0.400. The van der Waals surface area contributed by atoms with Crippen molar-refractivity contribution in [3.05, 3.63) is 96.1 Å². The van der Waals surface area contributed by atoms with E-state index in [1.165, 1.54) is 44.1 Å². The van der Waals surface area contributed by atoms with E-state index in [1.807, 2.05) is 0 Å². The maximum Gasteiger partial charge on any atom is 0.317 e. The normalized spacial score (nSPS) is 19.1. The Labute approximate surface area is 179 Å². The Morgan fingerprint density at radius 2 is 1.45 bits per heavy atom. The van der Waals surface area contributed by atoms with E-state index in [0.29, 0.717) is 12.2 Å². The third-order valence-corrected chi connectivity index (χ3v) is 5.65. The highest BCUT2D eigenvalue weighted by atomic mass is 16.6. The number of aliphatic carboxylic acids is 1. The summed E-state index contributed by atoms with van der Waals surface area (Å²) in [6.07, 6.45) is 5.13. The van der Waals surface area contributed by atoms with Crippen LogP contribution in [0.25, 0.3) is 33.0 Å². The number of carboxylic acid groups (broad SMARTS) is 1. The molecular weight excluding hydrogens is 388 g/mol. The number of benzene rings is 3. The first-order valence-corrected chi connectivity index (χ1v) is 10.2. The molecular formula is C26H22N2O3. The van der Waals surface area contributed by atoms with Gasteiger partial charge in [-0.2, -0.15) is 0 Å². The summed E-state index contributed by atoms with van der Waals surface area (Å²) in [5, 5.41) is 10.2. The van der Waals surface area contributed by atoms with Gasteiger partial charge < -0.3 is 20.6 Å². The molecule has 0 radical (unpaired) electrons. The van der Waals surface area contributed by atoms with Gasteiger partial charge in [-0.15, -0.1) is 0 Å². The average molecular weight is 410 g/mol. The number of carbonyl (C=O) groups is 1. The second-order valence-electron chi connectivity index (χ2n) is 7.57. The van der Waals surface area contributed by atoms with Crippen LogP contribution < -0.4 is 5.73 Å². The molecule has 4 N–H and O–H groups in total. The highest BCUT2D eigenvalue weighted by Crippen LogP contribution is 2.52. The molecule has 1 aliphatic heterocycles. The molecule has 1 aromatic heterocycles. The first-order valence-electron chi connectivity index (χ1n) is 10.2. The number of hydrogen-bond donors (Lipinski definition) is 3. The number of carboxylic acids is 1. The Kier molecular flexibility index (Phi) is 4.90. The minimum atomic E-state index is -0.968. The maximum absolute atomic E-state index is 9.24. The lowest BCUT2D eigenvalue weighted by Gasteiger charge is -2.26. The molecule has 3 aliphatic rings. The van der Waals surface area contributed by atoms with E-state index in [4.69, 9.17) is 9.84 Å². The molecule has 5 nitrogen and oxygen atoms in total. The van der Waals surface area contributed by atoms with Crippen molar-refractivity contribution in [2.75, 3.05) is 6.54 Å². The Morgan fingerprint density at radius 1 is 0.903 bits per heavy atom. The lowest BCUT2D eigenvalue weighted by atomic mass is 9.76. The zero-order valence-electron chi connectivity index (χ0n) is 16.8. The number of allylic oxidation sites excluding steroid dienone is 2. The van der Waals surface area contributed by atoms with Crippen molar-refractivity contribution in [1.29, 1.82) is 0 Å². The molecule has 0 spiro atoms. The van der Waals surface area contributed by atoms with Gasteiger partial charge in [-0.25, -0.2) is 0 Å². The fraction of sp³-hybridized carbons (Fsp3) is 0.115. The van der Waals surface area contributed by atoms with E-state index in [2.05, 4.69) is 95.7 Å². The number of epoxide rings is 1. The van der Waals surface area contributed by atoms with Crippen LogP contribution in [-0.4, -0.2) is 34.8 Å². The number of aromatic nitrogens is 1. The largest absolute Gasteiger partial charge is 0.480 e. The Hall–Kier alpha value is -3.67. The number of H-pyrrole nitrogens is 1. The van der Waals surface area contributed by atoms with Crippen LogP contribution in [0.5, 0.6) is 0 Å². The SMILES string of the molecule is C1=CC2OC2C2=C1c1ccccc12.NCC(=O)O.c1ccc2c(c1)[nH]c1ccccc12. The molecule has 2 heterocycles. The molecule has 2 unspecified atom stereocenters. The lowest BCUT2D eigenvalue weighted by molar-refractivity contribution is -0.135. The van der Waals surface area contributed by atoms with E-state index in [0.717, 1.165) is 0 Å². The molecule has 5 heteroatoms. The van der Waals surface area contributed by atoms with Crippen LogP contribution >= 0.6 is 0 Å². The standard InChI is InChI=1S/C12H9N.C12H8O.C2H5NO2/c1-3-7-11-9(5-1)10-6-2-4-8-12(10)13-11;1-2-4-8-7(3-1)9-5-6-10-12(13-10)11(8)9;3-1-2(4)5/h1-8,13H;1-6,10,12H;1,3H2,(H,4,5). The second kappa shape index (κ2) is 7.87. The summed E-state index contributed by atoms with van der Waals surface area (Å²) >= 11 is 0. The van der Waals surface area contributed by atoms with Gasteiger partial charge in [-0.3, -0.25) is 4.79 Å². The molecule has 1 saturated heterocycles. The second-order valence-corrected chi connectivity index (χ2v) is 7.57. The highest BCUT2D eigenvalue weighted by Gasteiger charge is 2.47. The zero-order valence-corrected chi connectivity index (χ0v) is 16.8. The Bertz CT molecular complexity index is 1300. The summed E-state index contributed by atoms with van der Waals surface area (Å²) in [6, 6.07) is 25.3. The van der Waals surface area contributed by atoms with Crippen LogP contribution in [0.1, 0.15) is 11.1 Å². The van der Waals surface area contributed by atoms with Gasteiger partial charge in [0.25, 0.3) is 0 Å². The Balaban J connectivity index is 0.000000109. The molecule has 0 bridgehead atoms. The Morgan fingerprint density at radius 3 is 2.06 bits per heavy atom. The monoisotopic (exact) mass is 410 g/mol. The first-order chi connectivity index (χ1) is 15.2. The van der Waals surface area contributed by atoms with Crippen LogP contribution in [0.2, 0.25) is 0 Å². The van der Waals surface area contributed by atoms with Gasteiger partial charge in [-0.05, 0) is 34.4 Å². The number of rotatable bonds is 1. The number of fused-ring (bicyclic) bond motifs is 8. The number of nitrogens with two attached hydrogens (primary N) is 1. The molecule has 0 saturated carbocycles. The van der Waals surface area contributed by atoms with Crippen molar-refractivity contribution in [2.24, 2.45) is 5.73 Å². The van der Waals surface area contributed by atoms with Crippen molar-refractivity contribution in [3.8, 4) is 0 Å². The topological polar surface area (TPSA) is 91.6 Å². The predicted octanol–water partition coefficient (Wildman–Crippen LogP) is 4.60. The third kappa shape index (κ3) is 3.54. The molecule has 1 fully saturated rings. The third-order valence-electron chi connectivity index (χ3n) is 5.65. The minimum Gasteiger partial charge on any atom is -0.480 e. The zero-order chi connectivity index (χ0) is 21.4. The van der Waals surface area contributed by atoms with Gasteiger partial charge in [0.15, 0.2) is 0 Å². The van der Waals surface area contributed by atoms with Gasteiger partial charge in [0.2, 0.25) is 0 Å². The van der Waals surface area contributed by atoms with Gasteiger partial charge >= 0.3 is 5.97 Å². The van der Waals surface area contributed by atoms with Crippen molar-refractivity contribution in [3.63, 3.8) is 0 Å². The fourth-order valence-electron chi connectivity index (χ4n) is 4.16. The van der Waals surface area contributed by atoms with Gasteiger partial charge in [0.05, 0.1) is 6.54 Å². The van der Waals surface area contributed by atoms with Crippen LogP contribution in [0.15, 0.2) is 84.9 Å². The summed E-state index contributed by atoms with van der Waals surface area (Å²) in [6.45, 7) is -0.278. The molecule has 2 atom stereocenters. The summed E-state index contributed by atoms with van der Waals surface area (Å²) in [5.74, 6) is -0.968. The van der Waals surface area contributed by atoms with Crippen LogP contribution in [0.4, 0.5) is 0 Å². The number of ether oxygens (including phenoxy) is 1. The van der Waals surface area contributed by atoms with Gasteiger partial charge in [0, 0.05) is 21.8 Å². The highest BCUT2D eigenvalue weighted by molar-refractivity contribution is 6.11. The average Bonchev–Trinajstić information content (AvgIpc) is 3.47. The smallest absolute Gasteiger partial charge is 0.317 e. The van der Waals surface area contributed by atoms with E-state index in [-0.39, 0.29) is 6.54 Å². The van der Waals surface area contributed by atoms with Crippen LogP contribution in [-0.2, 0) is 9.53 Å². The number of aromatic amines is 1. The lowest BCUT2D eigenvalue weighted by Crippen LogP contribution is -2.13. The molecule has 7 rings (SSSR count). The number of hydrogen-bond acceptors (Lipinski definition) is 3. The molecule has 31 heavy (non-hydrogen) atoms. The van der Waals surface area contributed by atoms with E-state index in [1.54, 1.807) is 0 Å². The van der Waals surface area contributed by atoms with Crippen molar-refractivity contribution in [2.45, 2.75) is 12.2 Å². The van der Waals surface area contributed by atoms with Crippen molar-refractivity contribution in [1.82, 2.24) is 4.98 Å². The van der Waals surface area contributed by atoms with Crippen molar-refractivity contribution >= 4 is 38.9 Å². The number of nitrogens with one attached hydrogen (secondary N) is 1. The molecule has 154 valence electrons. The van der Waals surface area contributed by atoms with E-state index in [9.17, 15) is 4.79 Å². The van der Waals surface area contributed by atoms with Crippen LogP contribution in [0, 0.1) is 0 Å². The van der Waals surface area contributed by atoms with Gasteiger partial charge in [-0.1, -0.05) is 72.8 Å². The molecule has 0 amide bonds. The van der Waals surface area contributed by atoms with E-state index >= 15 is 0 Å². The minimum absolute atomic E-state index is 0.278. The van der Waals surface area contributed by atoms with E-state index < -0.39 is 5.97 Å². The summed E-state index contributed by atoms with van der Waals surface area (Å²) in [7, 11) is 0. The number of para-hydroxylation sites is 2. The fourth-order valence-corrected chi connectivity index (χ4v) is 4.16. The van der Waals surface area contributed by atoms with Crippen molar-refractivity contribution < 1.29 is 14.6 Å². The van der Waals surface area contributed by atoms with Gasteiger partial charge in [0.1, 0.15) is 12.2 Å². The molecule has 2 aliphatic carbocycles. The maximum atomic E-state index is 9.24. The van der Waals surface area contributed by atoms with Crippen LogP contribution in [0.3, 0.4) is 0 Å². The summed E-state index contributed by atoms with van der Waals surface area (Å²) in [5.41, 5.74) is 12.6. The molecule has 3 aromatic carbocycles. The predicted molar refractivity (Wildman–Crippen MR) is 124 cm³/mol. The first kappa shape index (κ1) is 19.3. The molecule has 4 aromatic rings. The summed E-state index contributed by atoms with van der Waals surface area (Å²) in [4.78, 5) is 12.6. The summed E-state index contributed by atoms with van der Waals surface area (Å²) < 4.78 is 5.52.